The van der Waals surface area contributed by atoms with Gasteiger partial charge in [0.15, 0.2) is 0 Å². The summed E-state index contributed by atoms with van der Waals surface area (Å²) < 4.78 is 10.4. The SMILES string of the molecule is CCOC(=O)[C@@H]1CC2C[C@@H]2N1C(=O)OC(C)(C)C. The van der Waals surface area contributed by atoms with Gasteiger partial charge in [-0.15, -0.1) is 0 Å². The first-order valence-electron chi connectivity index (χ1n) is 6.51. The molecule has 1 unspecified atom stereocenters. The largest absolute Gasteiger partial charge is 0.464 e. The van der Waals surface area contributed by atoms with Crippen LogP contribution in [0.3, 0.4) is 0 Å². The molecule has 0 N–H and O–H groups in total. The Kier molecular flexibility index (Phi) is 3.25. The summed E-state index contributed by atoms with van der Waals surface area (Å²) in [6.45, 7) is 7.58. The Morgan fingerprint density at radius 3 is 2.50 bits per heavy atom. The Hall–Kier alpha value is -1.26. The van der Waals surface area contributed by atoms with Crippen molar-refractivity contribution in [3.05, 3.63) is 0 Å². The van der Waals surface area contributed by atoms with E-state index in [2.05, 4.69) is 0 Å². The van der Waals surface area contributed by atoms with Gasteiger partial charge in [-0.25, -0.2) is 9.59 Å². The number of fused-ring (bicyclic) bond motifs is 1. The second-order valence-corrected chi connectivity index (χ2v) is 5.95. The standard InChI is InChI=1S/C13H21NO4/c1-5-17-11(15)10-7-8-6-9(8)14(10)12(16)18-13(2,3)4/h8-10H,5-7H2,1-4H3/t8?,9-,10-/m0/s1. The lowest BCUT2D eigenvalue weighted by atomic mass is 10.1. The maximum absolute atomic E-state index is 12.1. The quantitative estimate of drug-likeness (QED) is 0.708. The van der Waals surface area contributed by atoms with Crippen LogP contribution >= 0.6 is 0 Å². The molecule has 102 valence electrons. The Bertz CT molecular complexity index is 360. The molecule has 0 radical (unpaired) electrons. The predicted molar refractivity (Wildman–Crippen MR) is 65.0 cm³/mol. The number of nitrogens with zero attached hydrogens (tertiary/aromatic N) is 1. The van der Waals surface area contributed by atoms with Crippen LogP contribution in [0.15, 0.2) is 0 Å². The van der Waals surface area contributed by atoms with E-state index < -0.39 is 17.7 Å². The topological polar surface area (TPSA) is 55.8 Å². The lowest BCUT2D eigenvalue weighted by molar-refractivity contribution is -0.148. The van der Waals surface area contributed by atoms with Crippen molar-refractivity contribution in [1.29, 1.82) is 0 Å². The van der Waals surface area contributed by atoms with Crippen molar-refractivity contribution < 1.29 is 19.1 Å². The molecule has 1 amide bonds. The number of ether oxygens (including phenoxy) is 2. The van der Waals surface area contributed by atoms with Gasteiger partial charge >= 0.3 is 12.1 Å². The number of rotatable bonds is 2. The van der Waals surface area contributed by atoms with E-state index in [-0.39, 0.29) is 12.0 Å². The average Bonchev–Trinajstić information content (AvgIpc) is 2.86. The Balaban J connectivity index is 2.04. The lowest BCUT2D eigenvalue weighted by Gasteiger charge is -2.29. The second kappa shape index (κ2) is 4.44. The van der Waals surface area contributed by atoms with Gasteiger partial charge in [0.2, 0.25) is 0 Å². The molecule has 2 fully saturated rings. The molecule has 1 heterocycles. The number of piperidine rings is 1. The molecule has 1 saturated heterocycles. The molecule has 0 aromatic carbocycles. The van der Waals surface area contributed by atoms with Crippen molar-refractivity contribution in [2.24, 2.45) is 5.92 Å². The van der Waals surface area contributed by atoms with Crippen LogP contribution in [0.4, 0.5) is 4.79 Å². The normalized spacial score (nSPS) is 29.8. The van der Waals surface area contributed by atoms with E-state index in [9.17, 15) is 9.59 Å². The fraction of sp³-hybridized carbons (Fsp3) is 0.846. The minimum Gasteiger partial charge on any atom is -0.464 e. The number of amides is 1. The Labute approximate surface area is 107 Å². The summed E-state index contributed by atoms with van der Waals surface area (Å²) in [5.41, 5.74) is -0.538. The highest BCUT2D eigenvalue weighted by molar-refractivity contribution is 5.83. The van der Waals surface area contributed by atoms with E-state index >= 15 is 0 Å². The molecule has 5 nitrogen and oxygen atoms in total. The zero-order chi connectivity index (χ0) is 13.5. The van der Waals surface area contributed by atoms with Gasteiger partial charge < -0.3 is 9.47 Å². The molecule has 0 spiro atoms. The molecular weight excluding hydrogens is 234 g/mol. The first-order valence-corrected chi connectivity index (χ1v) is 6.51. The fourth-order valence-corrected chi connectivity index (χ4v) is 2.48. The van der Waals surface area contributed by atoms with Crippen LogP contribution in [0.1, 0.15) is 40.5 Å². The molecule has 0 aromatic rings. The van der Waals surface area contributed by atoms with Gasteiger partial charge in [-0.05, 0) is 46.5 Å². The van der Waals surface area contributed by atoms with Crippen molar-refractivity contribution in [2.45, 2.75) is 58.2 Å². The first kappa shape index (κ1) is 13.2. The lowest BCUT2D eigenvalue weighted by Crippen LogP contribution is -2.46. The molecule has 5 heteroatoms. The molecule has 18 heavy (non-hydrogen) atoms. The maximum atomic E-state index is 12.1. The number of esters is 1. The highest BCUT2D eigenvalue weighted by Gasteiger charge is 2.57. The van der Waals surface area contributed by atoms with E-state index in [1.54, 1.807) is 11.8 Å². The van der Waals surface area contributed by atoms with Gasteiger partial charge in [-0.2, -0.15) is 0 Å². The van der Waals surface area contributed by atoms with Gasteiger partial charge in [-0.1, -0.05) is 0 Å². The summed E-state index contributed by atoms with van der Waals surface area (Å²) in [4.78, 5) is 25.5. The molecule has 0 aromatic heterocycles. The van der Waals surface area contributed by atoms with Crippen molar-refractivity contribution in [2.75, 3.05) is 6.61 Å². The van der Waals surface area contributed by atoms with Gasteiger partial charge in [0, 0.05) is 6.04 Å². The summed E-state index contributed by atoms with van der Waals surface area (Å²) in [6.07, 6.45) is 1.29. The van der Waals surface area contributed by atoms with Gasteiger partial charge in [0.25, 0.3) is 0 Å². The summed E-state index contributed by atoms with van der Waals surface area (Å²) in [6, 6.07) is -0.280. The van der Waals surface area contributed by atoms with E-state index in [0.717, 1.165) is 6.42 Å². The summed E-state index contributed by atoms with van der Waals surface area (Å²) in [5, 5.41) is 0. The molecular formula is C13H21NO4. The van der Waals surface area contributed by atoms with Gasteiger partial charge in [0.1, 0.15) is 11.6 Å². The zero-order valence-electron chi connectivity index (χ0n) is 11.4. The van der Waals surface area contributed by atoms with Crippen LogP contribution in [0, 0.1) is 5.92 Å². The number of likely N-dealkylation sites (tertiary alicyclic amines) is 1. The van der Waals surface area contributed by atoms with E-state index in [1.807, 2.05) is 20.8 Å². The third-order valence-electron chi connectivity index (χ3n) is 3.27. The molecule has 1 aliphatic heterocycles. The molecule has 1 saturated carbocycles. The second-order valence-electron chi connectivity index (χ2n) is 5.95. The monoisotopic (exact) mass is 255 g/mol. The number of carbonyl (C=O) groups is 2. The van der Waals surface area contributed by atoms with Crippen molar-refractivity contribution in [3.8, 4) is 0 Å². The van der Waals surface area contributed by atoms with Gasteiger partial charge in [0.05, 0.1) is 6.61 Å². The van der Waals surface area contributed by atoms with E-state index in [1.165, 1.54) is 0 Å². The molecule has 2 aliphatic rings. The molecule has 3 atom stereocenters. The number of carbonyl (C=O) groups excluding carboxylic acids is 2. The summed E-state index contributed by atoms with van der Waals surface area (Å²) in [5.74, 6) is 0.141. The van der Waals surface area contributed by atoms with Crippen molar-refractivity contribution >= 4 is 12.1 Å². The minimum atomic E-state index is -0.538. The number of hydrogen-bond donors (Lipinski definition) is 0. The van der Waals surface area contributed by atoms with Gasteiger partial charge in [-0.3, -0.25) is 4.90 Å². The average molecular weight is 255 g/mol. The molecule has 0 bridgehead atoms. The van der Waals surface area contributed by atoms with Crippen LogP contribution in [0.25, 0.3) is 0 Å². The molecule has 2 rings (SSSR count). The zero-order valence-corrected chi connectivity index (χ0v) is 11.4. The van der Waals surface area contributed by atoms with Crippen LogP contribution < -0.4 is 0 Å². The van der Waals surface area contributed by atoms with Crippen LogP contribution in [-0.4, -0.2) is 41.3 Å². The summed E-state index contributed by atoms with van der Waals surface area (Å²) in [7, 11) is 0. The third-order valence-corrected chi connectivity index (χ3v) is 3.27. The van der Waals surface area contributed by atoms with Crippen LogP contribution in [0.5, 0.6) is 0 Å². The Morgan fingerprint density at radius 2 is 1.94 bits per heavy atom. The number of hydrogen-bond acceptors (Lipinski definition) is 4. The fourth-order valence-electron chi connectivity index (χ4n) is 2.48. The van der Waals surface area contributed by atoms with E-state index in [4.69, 9.17) is 9.47 Å². The highest BCUT2D eigenvalue weighted by Crippen LogP contribution is 2.48. The minimum absolute atomic E-state index is 0.175. The van der Waals surface area contributed by atoms with Crippen LogP contribution in [-0.2, 0) is 14.3 Å². The third kappa shape index (κ3) is 2.60. The van der Waals surface area contributed by atoms with E-state index in [0.29, 0.717) is 18.9 Å². The van der Waals surface area contributed by atoms with Crippen molar-refractivity contribution in [3.63, 3.8) is 0 Å². The smallest absolute Gasteiger partial charge is 0.411 e. The highest BCUT2D eigenvalue weighted by atomic mass is 16.6. The van der Waals surface area contributed by atoms with Crippen molar-refractivity contribution in [1.82, 2.24) is 4.90 Å². The first-order chi connectivity index (χ1) is 8.33. The summed E-state index contributed by atoms with van der Waals surface area (Å²) >= 11 is 0. The van der Waals surface area contributed by atoms with Crippen LogP contribution in [0.2, 0.25) is 0 Å². The predicted octanol–water partition coefficient (Wildman–Crippen LogP) is 1.95. The maximum Gasteiger partial charge on any atom is 0.411 e. The Morgan fingerprint density at radius 1 is 1.28 bits per heavy atom. The molecule has 1 aliphatic carbocycles.